The topological polar surface area (TPSA) is 104 Å². The maximum absolute atomic E-state index is 10.8. The fraction of sp³-hybridized carbons (Fsp3) is 0.0909. The Bertz CT molecular complexity index is 601. The normalized spacial score (nSPS) is 10.1. The zero-order valence-electron chi connectivity index (χ0n) is 9.53. The Kier molecular flexibility index (Phi) is 3.05. The number of nitrogens with two attached hydrogens (primary N) is 1. The molecule has 92 valence electrons. The number of rotatable bonds is 3. The summed E-state index contributed by atoms with van der Waals surface area (Å²) in [6.07, 6.45) is 3.02. The third-order valence-corrected chi connectivity index (χ3v) is 2.37. The first kappa shape index (κ1) is 11.8. The van der Waals surface area contributed by atoms with Crippen LogP contribution >= 0.6 is 0 Å². The Morgan fingerprint density at radius 2 is 2.22 bits per heavy atom. The molecule has 0 unspecified atom stereocenters. The van der Waals surface area contributed by atoms with E-state index in [0.717, 1.165) is 0 Å². The van der Waals surface area contributed by atoms with Gasteiger partial charge in [0.25, 0.3) is 0 Å². The van der Waals surface area contributed by atoms with E-state index in [0.29, 0.717) is 17.0 Å². The molecule has 18 heavy (non-hydrogen) atoms. The van der Waals surface area contributed by atoms with Gasteiger partial charge < -0.3 is 10.5 Å². The lowest BCUT2D eigenvalue weighted by molar-refractivity contribution is -0.384. The minimum absolute atomic E-state index is 0.119. The van der Waals surface area contributed by atoms with Crippen LogP contribution in [0.4, 0.5) is 11.5 Å². The molecule has 0 bridgehead atoms. The van der Waals surface area contributed by atoms with Gasteiger partial charge in [-0.05, 0) is 12.1 Å². The Balaban J connectivity index is 2.58. The van der Waals surface area contributed by atoms with E-state index in [1.54, 1.807) is 18.3 Å². The standard InChI is InChI=1S/C11H10N4O3/c1-18-11-8(3-2-4-13-11)7-5-9(15(16)17)10(12)14-6-7/h2-6H,1H3,(H2,12,14). The van der Waals surface area contributed by atoms with Crippen LogP contribution in [0.2, 0.25) is 0 Å². The highest BCUT2D eigenvalue weighted by molar-refractivity contribution is 5.72. The first-order valence-corrected chi connectivity index (χ1v) is 5.02. The third-order valence-electron chi connectivity index (χ3n) is 2.37. The van der Waals surface area contributed by atoms with Gasteiger partial charge in [0, 0.05) is 29.6 Å². The SMILES string of the molecule is COc1ncccc1-c1cnc(N)c([N+](=O)[O-])c1. The first-order chi connectivity index (χ1) is 8.63. The van der Waals surface area contributed by atoms with E-state index in [9.17, 15) is 10.1 Å². The van der Waals surface area contributed by atoms with Gasteiger partial charge in [-0.15, -0.1) is 0 Å². The highest BCUT2D eigenvalue weighted by Gasteiger charge is 2.16. The summed E-state index contributed by atoms with van der Waals surface area (Å²) in [6, 6.07) is 4.80. The predicted octanol–water partition coefficient (Wildman–Crippen LogP) is 1.64. The second-order valence-corrected chi connectivity index (χ2v) is 3.45. The molecule has 0 radical (unpaired) electrons. The van der Waals surface area contributed by atoms with Gasteiger partial charge in [0.05, 0.1) is 12.0 Å². The number of aromatic nitrogens is 2. The molecule has 2 aromatic rings. The second-order valence-electron chi connectivity index (χ2n) is 3.45. The fourth-order valence-corrected chi connectivity index (χ4v) is 1.53. The number of nitrogen functional groups attached to an aromatic ring is 1. The van der Waals surface area contributed by atoms with Crippen molar-refractivity contribution in [3.8, 4) is 17.0 Å². The third kappa shape index (κ3) is 2.05. The minimum atomic E-state index is -0.575. The Morgan fingerprint density at radius 1 is 1.44 bits per heavy atom. The summed E-state index contributed by atoms with van der Waals surface area (Å²) in [4.78, 5) is 18.0. The fourth-order valence-electron chi connectivity index (χ4n) is 1.53. The maximum Gasteiger partial charge on any atom is 0.311 e. The van der Waals surface area contributed by atoms with Crippen LogP contribution in [0.15, 0.2) is 30.6 Å². The molecule has 2 heterocycles. The Labute approximate surface area is 102 Å². The lowest BCUT2D eigenvalue weighted by Crippen LogP contribution is -1.99. The van der Waals surface area contributed by atoms with Crippen molar-refractivity contribution < 1.29 is 9.66 Å². The van der Waals surface area contributed by atoms with Crippen molar-refractivity contribution in [3.05, 3.63) is 40.7 Å². The summed E-state index contributed by atoms with van der Waals surface area (Å²) in [7, 11) is 1.48. The molecule has 0 aliphatic carbocycles. The summed E-state index contributed by atoms with van der Waals surface area (Å²) in [6.45, 7) is 0. The highest BCUT2D eigenvalue weighted by atomic mass is 16.6. The van der Waals surface area contributed by atoms with Crippen LogP contribution in [-0.4, -0.2) is 22.0 Å². The maximum atomic E-state index is 10.8. The van der Waals surface area contributed by atoms with Gasteiger partial charge >= 0.3 is 5.69 Å². The number of methoxy groups -OCH3 is 1. The zero-order valence-corrected chi connectivity index (χ0v) is 9.53. The summed E-state index contributed by atoms with van der Waals surface area (Å²) in [5.74, 6) is 0.255. The van der Waals surface area contributed by atoms with E-state index in [1.807, 2.05) is 0 Å². The summed E-state index contributed by atoms with van der Waals surface area (Å²) < 4.78 is 5.09. The van der Waals surface area contributed by atoms with Gasteiger partial charge in [0.15, 0.2) is 0 Å². The van der Waals surface area contributed by atoms with Crippen LogP contribution < -0.4 is 10.5 Å². The molecule has 2 rings (SSSR count). The van der Waals surface area contributed by atoms with E-state index in [-0.39, 0.29) is 11.5 Å². The van der Waals surface area contributed by atoms with Gasteiger partial charge in [0.2, 0.25) is 11.7 Å². The number of hydrogen-bond acceptors (Lipinski definition) is 6. The van der Waals surface area contributed by atoms with Gasteiger partial charge in [-0.1, -0.05) is 0 Å². The molecular weight excluding hydrogens is 236 g/mol. The monoisotopic (exact) mass is 246 g/mol. The average molecular weight is 246 g/mol. The minimum Gasteiger partial charge on any atom is -0.481 e. The van der Waals surface area contributed by atoms with Crippen LogP contribution in [0.5, 0.6) is 5.88 Å². The van der Waals surface area contributed by atoms with Gasteiger partial charge in [0.1, 0.15) is 0 Å². The molecule has 0 aliphatic heterocycles. The largest absolute Gasteiger partial charge is 0.481 e. The molecule has 0 spiro atoms. The Morgan fingerprint density at radius 3 is 2.89 bits per heavy atom. The molecule has 0 aliphatic rings. The van der Waals surface area contributed by atoms with Crippen LogP contribution in [0.25, 0.3) is 11.1 Å². The smallest absolute Gasteiger partial charge is 0.311 e. The number of hydrogen-bond donors (Lipinski definition) is 1. The first-order valence-electron chi connectivity index (χ1n) is 5.02. The van der Waals surface area contributed by atoms with Crippen molar-refractivity contribution in [3.63, 3.8) is 0 Å². The number of anilines is 1. The van der Waals surface area contributed by atoms with Crippen molar-refractivity contribution in [2.45, 2.75) is 0 Å². The van der Waals surface area contributed by atoms with Gasteiger partial charge in [-0.2, -0.15) is 0 Å². The van der Waals surface area contributed by atoms with E-state index in [1.165, 1.54) is 19.4 Å². The average Bonchev–Trinajstić information content (AvgIpc) is 2.39. The number of pyridine rings is 2. The van der Waals surface area contributed by atoms with Crippen molar-refractivity contribution in [1.29, 1.82) is 0 Å². The van der Waals surface area contributed by atoms with Crippen LogP contribution in [0, 0.1) is 10.1 Å². The van der Waals surface area contributed by atoms with Crippen molar-refractivity contribution in [2.24, 2.45) is 0 Å². The van der Waals surface area contributed by atoms with E-state index in [4.69, 9.17) is 10.5 Å². The molecule has 7 heteroatoms. The highest BCUT2D eigenvalue weighted by Crippen LogP contribution is 2.31. The molecule has 0 atom stereocenters. The summed E-state index contributed by atoms with van der Waals surface area (Å²) in [5, 5.41) is 10.8. The predicted molar refractivity (Wildman–Crippen MR) is 65.1 cm³/mol. The summed E-state index contributed by atoms with van der Waals surface area (Å²) in [5.41, 5.74) is 6.35. The molecule has 0 saturated carbocycles. The molecule has 0 amide bonds. The van der Waals surface area contributed by atoms with Crippen LogP contribution in [-0.2, 0) is 0 Å². The molecule has 0 aromatic carbocycles. The number of nitro groups is 1. The Hall–Kier alpha value is -2.70. The molecule has 2 N–H and O–H groups in total. The zero-order chi connectivity index (χ0) is 13.1. The number of ether oxygens (including phenoxy) is 1. The molecular formula is C11H10N4O3. The second kappa shape index (κ2) is 4.66. The quantitative estimate of drug-likeness (QED) is 0.652. The molecule has 0 fully saturated rings. The lowest BCUT2D eigenvalue weighted by atomic mass is 10.1. The summed E-state index contributed by atoms with van der Waals surface area (Å²) >= 11 is 0. The van der Waals surface area contributed by atoms with Gasteiger partial charge in [-0.25, -0.2) is 9.97 Å². The van der Waals surface area contributed by atoms with Crippen molar-refractivity contribution in [2.75, 3.05) is 12.8 Å². The van der Waals surface area contributed by atoms with Crippen molar-refractivity contribution in [1.82, 2.24) is 9.97 Å². The molecule has 2 aromatic heterocycles. The van der Waals surface area contributed by atoms with Crippen LogP contribution in [0.3, 0.4) is 0 Å². The van der Waals surface area contributed by atoms with Gasteiger partial charge in [-0.3, -0.25) is 10.1 Å². The lowest BCUT2D eigenvalue weighted by Gasteiger charge is -2.06. The van der Waals surface area contributed by atoms with Crippen LogP contribution in [0.1, 0.15) is 0 Å². The molecule has 7 nitrogen and oxygen atoms in total. The number of nitrogens with zero attached hydrogens (tertiary/aromatic N) is 3. The van der Waals surface area contributed by atoms with E-state index >= 15 is 0 Å². The molecule has 0 saturated heterocycles. The van der Waals surface area contributed by atoms with Crippen molar-refractivity contribution >= 4 is 11.5 Å². The van der Waals surface area contributed by atoms with E-state index in [2.05, 4.69) is 9.97 Å². The van der Waals surface area contributed by atoms with E-state index < -0.39 is 4.92 Å².